The molecule has 0 amide bonds. The Balaban J connectivity index is 2.63. The van der Waals surface area contributed by atoms with E-state index >= 15 is 0 Å². The molecule has 0 saturated carbocycles. The maximum Gasteiger partial charge on any atom is 0.425 e. The van der Waals surface area contributed by atoms with Crippen molar-refractivity contribution in [3.05, 3.63) is 32.6 Å². The second-order valence-corrected chi connectivity index (χ2v) is 8.91. The van der Waals surface area contributed by atoms with Crippen molar-refractivity contribution in [1.82, 2.24) is 9.13 Å². The van der Waals surface area contributed by atoms with Gasteiger partial charge in [0.1, 0.15) is 24.0 Å². The fourth-order valence-corrected chi connectivity index (χ4v) is 3.54. The van der Waals surface area contributed by atoms with Crippen LogP contribution in [-0.4, -0.2) is 60.4 Å². The van der Waals surface area contributed by atoms with Crippen molar-refractivity contribution in [1.29, 1.82) is 0 Å². The van der Waals surface area contributed by atoms with Crippen LogP contribution in [0.25, 0.3) is 0 Å². The van der Waals surface area contributed by atoms with Crippen LogP contribution in [0.2, 0.25) is 0 Å². The molecule has 0 bridgehead atoms. The van der Waals surface area contributed by atoms with Gasteiger partial charge in [0, 0.05) is 23.5 Å². The zero-order valence-electron chi connectivity index (χ0n) is 17.7. The third-order valence-electron chi connectivity index (χ3n) is 4.79. The van der Waals surface area contributed by atoms with E-state index in [4.69, 9.17) is 9.47 Å². The normalized spacial score (nSPS) is 24.6. The molecule has 1 aromatic heterocycles. The number of aliphatic hydroxyl groups is 2. The third-order valence-corrected chi connectivity index (χ3v) is 5.39. The Kier molecular flexibility index (Phi) is 7.10. The van der Waals surface area contributed by atoms with E-state index in [0.717, 1.165) is 24.6 Å². The number of ether oxygens (including phenoxy) is 2. The van der Waals surface area contributed by atoms with Crippen molar-refractivity contribution in [2.24, 2.45) is 0 Å². The van der Waals surface area contributed by atoms with Gasteiger partial charge >= 0.3 is 11.8 Å². The minimum atomic E-state index is -2.27. The van der Waals surface area contributed by atoms with Crippen LogP contribution in [0.1, 0.15) is 52.8 Å². The largest absolute Gasteiger partial charge is 0.443 e. The summed E-state index contributed by atoms with van der Waals surface area (Å²) in [6.45, 7) is 6.79. The molecule has 2 N–H and O–H groups in total. The quantitative estimate of drug-likeness (QED) is 0.536. The van der Waals surface area contributed by atoms with Crippen LogP contribution in [0.4, 0.5) is 4.79 Å². The van der Waals surface area contributed by atoms with E-state index < -0.39 is 65.0 Å². The summed E-state index contributed by atoms with van der Waals surface area (Å²) in [5, 5.41) is 20.9. The lowest BCUT2D eigenvalue weighted by atomic mass is 9.86. The second-order valence-electron chi connectivity index (χ2n) is 8.35. The van der Waals surface area contributed by atoms with Gasteiger partial charge in [-0.05, 0) is 34.6 Å². The predicted octanol–water partition coefficient (Wildman–Crippen LogP) is 0.246. The van der Waals surface area contributed by atoms with Gasteiger partial charge in [-0.2, -0.15) is 4.57 Å². The molecule has 1 aliphatic rings. The number of carbonyl (C=O) groups excluding carboxylic acids is 3. The summed E-state index contributed by atoms with van der Waals surface area (Å²) in [6.07, 6.45) is -5.41. The maximum absolute atomic E-state index is 13.0. The minimum absolute atomic E-state index is 0.00371. The number of carbonyl (C=O) groups is 3. The van der Waals surface area contributed by atoms with Crippen molar-refractivity contribution in [2.75, 3.05) is 0 Å². The molecule has 1 saturated heterocycles. The first kappa shape index (κ1) is 25.1. The Labute approximate surface area is 185 Å². The topological polar surface area (TPSA) is 154 Å². The van der Waals surface area contributed by atoms with Crippen LogP contribution in [-0.2, 0) is 24.4 Å². The van der Waals surface area contributed by atoms with E-state index in [9.17, 15) is 34.2 Å². The Morgan fingerprint density at radius 2 is 1.90 bits per heavy atom. The number of hydrogen-bond donors (Lipinski definition) is 2. The van der Waals surface area contributed by atoms with Crippen LogP contribution in [0.3, 0.4) is 0 Å². The average molecular weight is 505 g/mol. The van der Waals surface area contributed by atoms with Gasteiger partial charge in [0.05, 0.1) is 0 Å². The highest BCUT2D eigenvalue weighted by Crippen LogP contribution is 2.38. The van der Waals surface area contributed by atoms with Gasteiger partial charge < -0.3 is 19.7 Å². The number of aliphatic hydroxyl groups excluding tert-OH is 1. The number of halogens is 1. The number of Topliss-reactive ketones (excluding diaryl/α,β-unsaturated/α-hetero) is 2. The highest BCUT2D eigenvalue weighted by atomic mass is 79.9. The highest BCUT2D eigenvalue weighted by molar-refractivity contribution is 9.08. The first-order valence-corrected chi connectivity index (χ1v) is 10.5. The third kappa shape index (κ3) is 4.86. The molecule has 0 radical (unpaired) electrons. The molecular formula is C19H25BrN2O9. The molecule has 0 aliphatic carbocycles. The van der Waals surface area contributed by atoms with Gasteiger partial charge in [0.25, 0.3) is 5.56 Å². The number of ketones is 2. The summed E-state index contributed by atoms with van der Waals surface area (Å²) >= 11 is 3.11. The lowest BCUT2D eigenvalue weighted by molar-refractivity contribution is -0.158. The van der Waals surface area contributed by atoms with Crippen molar-refractivity contribution in [3.8, 4) is 0 Å². The molecule has 1 aromatic rings. The molecule has 4 atom stereocenters. The van der Waals surface area contributed by atoms with Crippen LogP contribution in [0.15, 0.2) is 15.8 Å². The predicted molar refractivity (Wildman–Crippen MR) is 110 cm³/mol. The van der Waals surface area contributed by atoms with Crippen molar-refractivity contribution in [2.45, 2.75) is 76.0 Å². The number of aromatic nitrogens is 2. The summed E-state index contributed by atoms with van der Waals surface area (Å²) in [5.41, 5.74) is -5.30. The minimum Gasteiger partial charge on any atom is -0.443 e. The molecule has 31 heavy (non-hydrogen) atoms. The van der Waals surface area contributed by atoms with Gasteiger partial charge in [0.15, 0.2) is 17.2 Å². The first-order valence-electron chi connectivity index (χ1n) is 9.37. The Morgan fingerprint density at radius 3 is 2.35 bits per heavy atom. The van der Waals surface area contributed by atoms with Gasteiger partial charge in [-0.1, -0.05) is 15.9 Å². The summed E-state index contributed by atoms with van der Waals surface area (Å²) in [6, 6.07) is 0. The monoisotopic (exact) mass is 504 g/mol. The summed E-state index contributed by atoms with van der Waals surface area (Å²) in [5.74, 6) is -1.54. The fraction of sp³-hybridized carbons (Fsp3) is 0.632. The van der Waals surface area contributed by atoms with Gasteiger partial charge in [-0.3, -0.25) is 19.0 Å². The molecule has 2 heterocycles. The molecule has 1 unspecified atom stereocenters. The SMILES string of the molecule is CC(=O)C(O)[C@H]1O[C@@H](n2cc(CBr)c(=O)n(C(=O)OC(C)(C)C)c2=O)C[C@@]1(O)C(C)=O. The standard InChI is InChI=1S/C19H25BrN2O9/c1-9(23)13(25)14-19(29,10(2)24)6-12(30-14)21-8-11(7-20)15(26)22(16(21)27)17(28)31-18(3,4)5/h8,12-14,25,29H,6-7H2,1-5H3/t12-,13?,14-,19-/m1/s1. The summed E-state index contributed by atoms with van der Waals surface area (Å²) in [7, 11) is 0. The summed E-state index contributed by atoms with van der Waals surface area (Å²) in [4.78, 5) is 61.9. The van der Waals surface area contributed by atoms with Crippen molar-refractivity contribution >= 4 is 33.6 Å². The average Bonchev–Trinajstić information content (AvgIpc) is 2.98. The van der Waals surface area contributed by atoms with E-state index in [1.807, 2.05) is 0 Å². The second kappa shape index (κ2) is 8.77. The molecule has 2 rings (SSSR count). The number of alkyl halides is 1. The molecule has 1 aliphatic heterocycles. The molecule has 11 nitrogen and oxygen atoms in total. The zero-order valence-corrected chi connectivity index (χ0v) is 19.3. The van der Waals surface area contributed by atoms with E-state index in [0.29, 0.717) is 0 Å². The van der Waals surface area contributed by atoms with E-state index in [2.05, 4.69) is 15.9 Å². The molecule has 1 fully saturated rings. The van der Waals surface area contributed by atoms with Crippen molar-refractivity contribution in [3.63, 3.8) is 0 Å². The van der Waals surface area contributed by atoms with Gasteiger partial charge in [0.2, 0.25) is 0 Å². The number of rotatable bonds is 5. The maximum atomic E-state index is 13.0. The van der Waals surface area contributed by atoms with Gasteiger partial charge in [-0.25, -0.2) is 9.59 Å². The molecule has 0 spiro atoms. The fourth-order valence-electron chi connectivity index (χ4n) is 3.16. The van der Waals surface area contributed by atoms with E-state index in [1.165, 1.54) is 0 Å². The molecule has 172 valence electrons. The Bertz CT molecular complexity index is 1020. The van der Waals surface area contributed by atoms with Crippen LogP contribution >= 0.6 is 15.9 Å². The Morgan fingerprint density at radius 1 is 1.32 bits per heavy atom. The van der Waals surface area contributed by atoms with Crippen LogP contribution < -0.4 is 11.2 Å². The smallest absolute Gasteiger partial charge is 0.425 e. The Hall–Kier alpha value is -2.15. The van der Waals surface area contributed by atoms with E-state index in [-0.39, 0.29) is 15.5 Å². The molecule has 0 aromatic carbocycles. The zero-order chi connectivity index (χ0) is 23.9. The number of nitrogens with zero attached hydrogens (tertiary/aromatic N) is 2. The number of hydrogen-bond acceptors (Lipinski definition) is 9. The summed E-state index contributed by atoms with van der Waals surface area (Å²) < 4.78 is 11.8. The van der Waals surface area contributed by atoms with Crippen LogP contribution in [0.5, 0.6) is 0 Å². The van der Waals surface area contributed by atoms with Gasteiger partial charge in [-0.15, -0.1) is 0 Å². The van der Waals surface area contributed by atoms with E-state index in [1.54, 1.807) is 20.8 Å². The lowest BCUT2D eigenvalue weighted by Crippen LogP contribution is -2.52. The highest BCUT2D eigenvalue weighted by Gasteiger charge is 2.55. The first-order chi connectivity index (χ1) is 14.1. The van der Waals surface area contributed by atoms with Crippen LogP contribution in [0, 0.1) is 0 Å². The molecular weight excluding hydrogens is 480 g/mol. The molecule has 12 heteroatoms. The van der Waals surface area contributed by atoms with Crippen molar-refractivity contribution < 1.29 is 34.1 Å². The lowest BCUT2D eigenvalue weighted by Gasteiger charge is -2.27.